The van der Waals surface area contributed by atoms with Crippen LogP contribution in [0.2, 0.25) is 15.1 Å². The average Bonchev–Trinajstić information content (AvgIpc) is 3.12. The fourth-order valence-electron chi connectivity index (χ4n) is 2.79. The molecule has 2 aromatic heterocycles. The number of nitrogens with zero attached hydrogens (tertiary/aromatic N) is 4. The summed E-state index contributed by atoms with van der Waals surface area (Å²) in [7, 11) is 0. The Morgan fingerprint density at radius 3 is 2.73 bits per heavy atom. The van der Waals surface area contributed by atoms with Crippen LogP contribution in [0.15, 0.2) is 53.8 Å². The van der Waals surface area contributed by atoms with Crippen LogP contribution in [0, 0.1) is 5.82 Å². The summed E-state index contributed by atoms with van der Waals surface area (Å²) in [6, 6.07) is 11.4. The van der Waals surface area contributed by atoms with Gasteiger partial charge in [0, 0.05) is 27.6 Å². The lowest BCUT2D eigenvalue weighted by Crippen LogP contribution is -2.10. The molecule has 0 bridgehead atoms. The molecule has 0 aliphatic carbocycles. The molecule has 1 atom stereocenters. The molecule has 0 fully saturated rings. The Hall–Kier alpha value is -2.06. The van der Waals surface area contributed by atoms with E-state index in [1.165, 1.54) is 17.8 Å². The predicted octanol–water partition coefficient (Wildman–Crippen LogP) is 6.66. The molecule has 30 heavy (non-hydrogen) atoms. The van der Waals surface area contributed by atoms with Gasteiger partial charge in [-0.25, -0.2) is 9.37 Å². The first-order valence-electron chi connectivity index (χ1n) is 8.81. The predicted molar refractivity (Wildman–Crippen MR) is 117 cm³/mol. The normalized spacial score (nSPS) is 12.3. The molecule has 0 aliphatic rings. The molecular formula is C20H14Cl3FN4OS. The number of hydrogen-bond acceptors (Lipinski definition) is 5. The molecule has 2 heterocycles. The molecule has 0 amide bonds. The van der Waals surface area contributed by atoms with Gasteiger partial charge in [-0.2, -0.15) is 9.50 Å². The van der Waals surface area contributed by atoms with E-state index >= 15 is 0 Å². The van der Waals surface area contributed by atoms with Crippen LogP contribution >= 0.6 is 46.6 Å². The van der Waals surface area contributed by atoms with E-state index in [0.717, 1.165) is 5.69 Å². The standard InChI is InChI=1S/C20H14Cl3FN4OS/c1-11(29-18-6-5-12(21)9-15(18)23)17-7-8-25-19-26-20(27-28(17)19)30-10-13-14(22)3-2-4-16(13)24/h2-9,11H,10H2,1H3/t11-/m1/s1. The minimum atomic E-state index is -0.394. The zero-order chi connectivity index (χ0) is 21.3. The first kappa shape index (κ1) is 21.2. The molecule has 0 unspecified atom stereocenters. The van der Waals surface area contributed by atoms with Crippen molar-refractivity contribution in [1.82, 2.24) is 19.6 Å². The van der Waals surface area contributed by atoms with Crippen molar-refractivity contribution in [1.29, 1.82) is 0 Å². The molecule has 0 saturated carbocycles. The summed E-state index contributed by atoms with van der Waals surface area (Å²) < 4.78 is 21.6. The zero-order valence-electron chi connectivity index (χ0n) is 15.5. The smallest absolute Gasteiger partial charge is 0.253 e. The second-order valence-electron chi connectivity index (χ2n) is 6.30. The molecular weight excluding hydrogens is 470 g/mol. The van der Waals surface area contributed by atoms with Crippen molar-refractivity contribution in [3.8, 4) is 5.75 Å². The van der Waals surface area contributed by atoms with Crippen LogP contribution < -0.4 is 4.74 Å². The average molecular weight is 484 g/mol. The lowest BCUT2D eigenvalue weighted by molar-refractivity contribution is 0.218. The number of aromatic nitrogens is 4. The summed E-state index contributed by atoms with van der Waals surface area (Å²) in [6.45, 7) is 1.87. The van der Waals surface area contributed by atoms with Crippen LogP contribution in [0.5, 0.6) is 5.75 Å². The van der Waals surface area contributed by atoms with Gasteiger partial charge >= 0.3 is 0 Å². The van der Waals surface area contributed by atoms with E-state index in [9.17, 15) is 4.39 Å². The summed E-state index contributed by atoms with van der Waals surface area (Å²) in [5.41, 5.74) is 1.14. The van der Waals surface area contributed by atoms with Gasteiger partial charge in [-0.05, 0) is 43.3 Å². The minimum absolute atomic E-state index is 0.296. The Morgan fingerprint density at radius 2 is 1.97 bits per heavy atom. The van der Waals surface area contributed by atoms with Gasteiger partial charge in [-0.1, -0.05) is 52.6 Å². The Kier molecular flexibility index (Phi) is 6.34. The number of thioether (sulfide) groups is 1. The van der Waals surface area contributed by atoms with Crippen LogP contribution in [0.25, 0.3) is 5.78 Å². The number of hydrogen-bond donors (Lipinski definition) is 0. The fraction of sp³-hybridized carbons (Fsp3) is 0.150. The second kappa shape index (κ2) is 8.98. The van der Waals surface area contributed by atoms with E-state index in [4.69, 9.17) is 39.5 Å². The highest BCUT2D eigenvalue weighted by molar-refractivity contribution is 7.98. The molecule has 0 radical (unpaired) electrons. The van der Waals surface area contributed by atoms with E-state index < -0.39 is 6.10 Å². The van der Waals surface area contributed by atoms with Gasteiger partial charge in [0.15, 0.2) is 0 Å². The Bertz CT molecular complexity index is 1200. The van der Waals surface area contributed by atoms with Gasteiger partial charge < -0.3 is 4.74 Å². The van der Waals surface area contributed by atoms with Crippen molar-refractivity contribution in [2.45, 2.75) is 23.9 Å². The van der Waals surface area contributed by atoms with Crippen molar-refractivity contribution in [3.05, 3.63) is 80.8 Å². The van der Waals surface area contributed by atoms with E-state index in [0.29, 0.717) is 43.1 Å². The molecule has 0 aliphatic heterocycles. The largest absolute Gasteiger partial charge is 0.483 e. The van der Waals surface area contributed by atoms with Crippen molar-refractivity contribution >= 4 is 52.3 Å². The van der Waals surface area contributed by atoms with Crippen molar-refractivity contribution in [2.24, 2.45) is 0 Å². The summed E-state index contributed by atoms with van der Waals surface area (Å²) in [5, 5.41) is 6.25. The minimum Gasteiger partial charge on any atom is -0.483 e. The summed E-state index contributed by atoms with van der Waals surface area (Å²) in [5.74, 6) is 0.846. The highest BCUT2D eigenvalue weighted by atomic mass is 35.5. The fourth-order valence-corrected chi connectivity index (χ4v) is 4.41. The summed E-state index contributed by atoms with van der Waals surface area (Å²) in [4.78, 5) is 8.65. The van der Waals surface area contributed by atoms with Crippen molar-refractivity contribution in [3.63, 3.8) is 0 Å². The third-order valence-corrected chi connectivity index (χ3v) is 6.02. The monoisotopic (exact) mass is 482 g/mol. The first-order valence-corrected chi connectivity index (χ1v) is 10.9. The molecule has 0 saturated heterocycles. The number of fused-ring (bicyclic) bond motifs is 1. The SMILES string of the molecule is C[C@@H](Oc1ccc(Cl)cc1Cl)c1ccnc2nc(SCc3c(F)cccc3Cl)nn12. The third-order valence-electron chi connectivity index (χ3n) is 4.27. The highest BCUT2D eigenvalue weighted by Gasteiger charge is 2.17. The lowest BCUT2D eigenvalue weighted by atomic mass is 10.2. The Labute approximate surface area is 191 Å². The number of rotatable bonds is 6. The van der Waals surface area contributed by atoms with E-state index in [1.54, 1.807) is 47.1 Å². The first-order chi connectivity index (χ1) is 14.4. The lowest BCUT2D eigenvalue weighted by Gasteiger charge is -2.16. The zero-order valence-corrected chi connectivity index (χ0v) is 18.6. The van der Waals surface area contributed by atoms with E-state index in [-0.39, 0.29) is 5.82 Å². The molecule has 0 N–H and O–H groups in total. The van der Waals surface area contributed by atoms with E-state index in [2.05, 4.69) is 15.1 Å². The van der Waals surface area contributed by atoms with Crippen LogP contribution in [0.1, 0.15) is 24.3 Å². The van der Waals surface area contributed by atoms with Gasteiger partial charge in [0.1, 0.15) is 17.7 Å². The molecule has 4 aromatic rings. The van der Waals surface area contributed by atoms with Gasteiger partial charge in [-0.3, -0.25) is 0 Å². The van der Waals surface area contributed by atoms with Crippen molar-refractivity contribution in [2.75, 3.05) is 0 Å². The topological polar surface area (TPSA) is 52.3 Å². The van der Waals surface area contributed by atoms with Gasteiger partial charge in [0.2, 0.25) is 5.16 Å². The van der Waals surface area contributed by atoms with Crippen LogP contribution in [0.3, 0.4) is 0 Å². The second-order valence-corrected chi connectivity index (χ2v) is 8.49. The Morgan fingerprint density at radius 1 is 1.13 bits per heavy atom. The number of halogens is 4. The maximum absolute atomic E-state index is 14.0. The van der Waals surface area contributed by atoms with Crippen molar-refractivity contribution < 1.29 is 9.13 Å². The van der Waals surface area contributed by atoms with Crippen LogP contribution in [-0.4, -0.2) is 19.6 Å². The molecule has 2 aromatic carbocycles. The molecule has 4 rings (SSSR count). The third kappa shape index (κ3) is 4.49. The molecule has 5 nitrogen and oxygen atoms in total. The van der Waals surface area contributed by atoms with Gasteiger partial charge in [0.25, 0.3) is 5.78 Å². The van der Waals surface area contributed by atoms with Crippen LogP contribution in [0.4, 0.5) is 4.39 Å². The maximum Gasteiger partial charge on any atom is 0.253 e. The molecule has 0 spiro atoms. The van der Waals surface area contributed by atoms with Crippen LogP contribution in [-0.2, 0) is 5.75 Å². The summed E-state index contributed by atoms with van der Waals surface area (Å²) >= 11 is 19.5. The maximum atomic E-state index is 14.0. The Balaban J connectivity index is 1.57. The van der Waals surface area contributed by atoms with Gasteiger partial charge in [0.05, 0.1) is 10.7 Å². The summed E-state index contributed by atoms with van der Waals surface area (Å²) in [6.07, 6.45) is 1.24. The van der Waals surface area contributed by atoms with E-state index in [1.807, 2.05) is 6.92 Å². The molecule has 154 valence electrons. The number of benzene rings is 2. The highest BCUT2D eigenvalue weighted by Crippen LogP contribution is 2.32. The number of ether oxygens (including phenoxy) is 1. The molecule has 10 heteroatoms. The quantitative estimate of drug-likeness (QED) is 0.287. The van der Waals surface area contributed by atoms with Gasteiger partial charge in [-0.15, -0.1) is 5.10 Å².